The predicted molar refractivity (Wildman–Crippen MR) is 86.6 cm³/mol. The van der Waals surface area contributed by atoms with E-state index in [4.69, 9.17) is 4.74 Å². The highest BCUT2D eigenvalue weighted by Gasteiger charge is 2.32. The van der Waals surface area contributed by atoms with Gasteiger partial charge < -0.3 is 10.1 Å². The molecule has 0 radical (unpaired) electrons. The number of benzene rings is 2. The Kier molecular flexibility index (Phi) is 4.26. The van der Waals surface area contributed by atoms with Crippen LogP contribution < -0.4 is 10.1 Å². The van der Waals surface area contributed by atoms with Gasteiger partial charge in [0.1, 0.15) is 5.75 Å². The molecule has 3 unspecified atom stereocenters. The molecule has 1 saturated carbocycles. The second-order valence-electron chi connectivity index (χ2n) is 6.00. The molecule has 1 fully saturated rings. The Morgan fingerprint density at radius 3 is 2.24 bits per heavy atom. The lowest BCUT2D eigenvalue weighted by Gasteiger charge is -2.20. The summed E-state index contributed by atoms with van der Waals surface area (Å²) in [7, 11) is 1.70. The fourth-order valence-corrected chi connectivity index (χ4v) is 2.82. The van der Waals surface area contributed by atoms with Gasteiger partial charge in [-0.2, -0.15) is 0 Å². The van der Waals surface area contributed by atoms with Crippen molar-refractivity contribution in [2.24, 2.45) is 11.8 Å². The highest BCUT2D eigenvalue weighted by atomic mass is 16.5. The Bertz CT molecular complexity index is 564. The molecular formula is C19H23NO. The number of methoxy groups -OCH3 is 1. The fraction of sp³-hybridized carbons (Fsp3) is 0.368. The largest absolute Gasteiger partial charge is 0.497 e. The molecule has 2 nitrogen and oxygen atoms in total. The second-order valence-corrected chi connectivity index (χ2v) is 6.00. The summed E-state index contributed by atoms with van der Waals surface area (Å²) in [4.78, 5) is 0. The molecule has 3 atom stereocenters. The van der Waals surface area contributed by atoms with Gasteiger partial charge in [-0.3, -0.25) is 0 Å². The molecule has 2 aromatic rings. The van der Waals surface area contributed by atoms with Crippen LogP contribution in [0.15, 0.2) is 54.6 Å². The summed E-state index contributed by atoms with van der Waals surface area (Å²) in [5.41, 5.74) is 2.60. The van der Waals surface area contributed by atoms with Gasteiger partial charge in [0.25, 0.3) is 0 Å². The molecule has 3 rings (SSSR count). The molecule has 0 heterocycles. The average molecular weight is 281 g/mol. The first-order valence-corrected chi connectivity index (χ1v) is 7.70. The minimum absolute atomic E-state index is 0.255. The van der Waals surface area contributed by atoms with Gasteiger partial charge in [-0.15, -0.1) is 0 Å². The molecule has 0 amide bonds. The van der Waals surface area contributed by atoms with Crippen molar-refractivity contribution in [1.82, 2.24) is 5.32 Å². The van der Waals surface area contributed by atoms with Gasteiger partial charge in [-0.05, 0) is 48.1 Å². The van der Waals surface area contributed by atoms with E-state index in [0.29, 0.717) is 0 Å². The van der Waals surface area contributed by atoms with E-state index in [1.54, 1.807) is 7.11 Å². The van der Waals surface area contributed by atoms with E-state index in [2.05, 4.69) is 54.7 Å². The van der Waals surface area contributed by atoms with Crippen molar-refractivity contribution in [1.29, 1.82) is 0 Å². The van der Waals surface area contributed by atoms with Crippen LogP contribution in [0.1, 0.15) is 30.5 Å². The molecule has 0 saturated heterocycles. The lowest BCUT2D eigenvalue weighted by atomic mass is 9.98. The van der Waals surface area contributed by atoms with Crippen LogP contribution in [0.2, 0.25) is 0 Å². The quantitative estimate of drug-likeness (QED) is 0.863. The van der Waals surface area contributed by atoms with Crippen molar-refractivity contribution >= 4 is 0 Å². The molecule has 2 aromatic carbocycles. The average Bonchev–Trinajstić information content (AvgIpc) is 3.25. The molecule has 1 aliphatic carbocycles. The van der Waals surface area contributed by atoms with Crippen LogP contribution in [0.4, 0.5) is 0 Å². The summed E-state index contributed by atoms with van der Waals surface area (Å²) in [5.74, 6) is 2.63. The zero-order valence-corrected chi connectivity index (χ0v) is 12.8. The van der Waals surface area contributed by atoms with Crippen molar-refractivity contribution in [2.45, 2.75) is 19.4 Å². The van der Waals surface area contributed by atoms with Crippen LogP contribution in [-0.4, -0.2) is 13.7 Å². The Morgan fingerprint density at radius 2 is 1.67 bits per heavy atom. The fourth-order valence-electron chi connectivity index (χ4n) is 2.82. The van der Waals surface area contributed by atoms with E-state index in [1.165, 1.54) is 17.5 Å². The smallest absolute Gasteiger partial charge is 0.118 e. The summed E-state index contributed by atoms with van der Waals surface area (Å²) in [6.07, 6.45) is 1.36. The molecular weight excluding hydrogens is 258 g/mol. The van der Waals surface area contributed by atoms with Gasteiger partial charge in [-0.1, -0.05) is 49.4 Å². The van der Waals surface area contributed by atoms with Gasteiger partial charge in [0, 0.05) is 0 Å². The molecule has 1 aliphatic rings. The number of hydrogen-bond donors (Lipinski definition) is 1. The summed E-state index contributed by atoms with van der Waals surface area (Å²) < 4.78 is 5.26. The van der Waals surface area contributed by atoms with E-state index in [-0.39, 0.29) is 6.04 Å². The van der Waals surface area contributed by atoms with Crippen molar-refractivity contribution in [3.05, 3.63) is 65.7 Å². The van der Waals surface area contributed by atoms with Crippen LogP contribution in [0.25, 0.3) is 0 Å². The lowest BCUT2D eigenvalue weighted by molar-refractivity contribution is 0.414. The van der Waals surface area contributed by atoms with Crippen LogP contribution in [0.3, 0.4) is 0 Å². The zero-order valence-electron chi connectivity index (χ0n) is 12.8. The maximum Gasteiger partial charge on any atom is 0.118 e. The first-order chi connectivity index (χ1) is 10.3. The molecule has 0 bridgehead atoms. The first kappa shape index (κ1) is 14.2. The van der Waals surface area contributed by atoms with Crippen LogP contribution in [0.5, 0.6) is 5.75 Å². The standard InChI is InChI=1S/C19H23NO/c1-14-12-17(14)13-20-19(15-6-4-3-5-7-15)16-8-10-18(21-2)11-9-16/h3-11,14,17,19-20H,12-13H2,1-2H3. The maximum absolute atomic E-state index is 5.26. The molecule has 0 aliphatic heterocycles. The number of nitrogens with one attached hydrogen (secondary N) is 1. The molecule has 2 heteroatoms. The Morgan fingerprint density at radius 1 is 1.05 bits per heavy atom. The topological polar surface area (TPSA) is 21.3 Å². The van der Waals surface area contributed by atoms with Crippen LogP contribution in [-0.2, 0) is 0 Å². The summed E-state index contributed by atoms with van der Waals surface area (Å²) in [5, 5.41) is 3.74. The maximum atomic E-state index is 5.26. The first-order valence-electron chi connectivity index (χ1n) is 7.70. The third-order valence-electron chi connectivity index (χ3n) is 4.44. The summed E-state index contributed by atoms with van der Waals surface area (Å²) >= 11 is 0. The Hall–Kier alpha value is -1.80. The molecule has 0 aromatic heterocycles. The normalized spacial score (nSPS) is 21.8. The van der Waals surface area contributed by atoms with Gasteiger partial charge in [0.05, 0.1) is 13.2 Å². The van der Waals surface area contributed by atoms with E-state index in [0.717, 1.165) is 24.1 Å². The number of rotatable bonds is 6. The monoisotopic (exact) mass is 281 g/mol. The summed E-state index contributed by atoms with van der Waals surface area (Å²) in [6.45, 7) is 3.42. The van der Waals surface area contributed by atoms with Crippen LogP contribution in [0, 0.1) is 11.8 Å². The third-order valence-corrected chi connectivity index (χ3v) is 4.44. The molecule has 0 spiro atoms. The highest BCUT2D eigenvalue weighted by Crippen LogP contribution is 2.37. The predicted octanol–water partition coefficient (Wildman–Crippen LogP) is 4.03. The minimum Gasteiger partial charge on any atom is -0.497 e. The second kappa shape index (κ2) is 6.31. The van der Waals surface area contributed by atoms with Crippen molar-refractivity contribution in [2.75, 3.05) is 13.7 Å². The summed E-state index contributed by atoms with van der Waals surface area (Å²) in [6, 6.07) is 19.3. The van der Waals surface area contributed by atoms with E-state index >= 15 is 0 Å². The minimum atomic E-state index is 0.255. The van der Waals surface area contributed by atoms with Gasteiger partial charge in [0.15, 0.2) is 0 Å². The van der Waals surface area contributed by atoms with Crippen LogP contribution >= 0.6 is 0 Å². The highest BCUT2D eigenvalue weighted by molar-refractivity contribution is 5.35. The molecule has 21 heavy (non-hydrogen) atoms. The molecule has 110 valence electrons. The number of ether oxygens (including phenoxy) is 1. The van der Waals surface area contributed by atoms with Gasteiger partial charge >= 0.3 is 0 Å². The number of hydrogen-bond acceptors (Lipinski definition) is 2. The Labute approximate surface area is 127 Å². The lowest BCUT2D eigenvalue weighted by Crippen LogP contribution is -2.24. The molecule has 1 N–H and O–H groups in total. The van der Waals surface area contributed by atoms with Crippen molar-refractivity contribution in [3.63, 3.8) is 0 Å². The van der Waals surface area contributed by atoms with Gasteiger partial charge in [-0.25, -0.2) is 0 Å². The zero-order chi connectivity index (χ0) is 14.7. The van der Waals surface area contributed by atoms with Crippen molar-refractivity contribution < 1.29 is 4.74 Å². The third kappa shape index (κ3) is 3.45. The van der Waals surface area contributed by atoms with Gasteiger partial charge in [0.2, 0.25) is 0 Å². The Balaban J connectivity index is 1.80. The van der Waals surface area contributed by atoms with E-state index < -0.39 is 0 Å². The van der Waals surface area contributed by atoms with E-state index in [1.807, 2.05) is 12.1 Å². The SMILES string of the molecule is COc1ccc(C(NCC2CC2C)c2ccccc2)cc1. The van der Waals surface area contributed by atoms with E-state index in [9.17, 15) is 0 Å². The van der Waals surface area contributed by atoms with Crippen molar-refractivity contribution in [3.8, 4) is 5.75 Å².